The number of hydrogen-bond donors (Lipinski definition) is 2. The summed E-state index contributed by atoms with van der Waals surface area (Å²) >= 11 is 0. The lowest BCUT2D eigenvalue weighted by Crippen LogP contribution is -2.31. The molecule has 0 bridgehead atoms. The van der Waals surface area contributed by atoms with Crippen LogP contribution in [0, 0.1) is 6.92 Å². The van der Waals surface area contributed by atoms with Crippen molar-refractivity contribution >= 4 is 18.2 Å². The van der Waals surface area contributed by atoms with E-state index in [0.717, 1.165) is 23.3 Å². The molecular formula is C10H13BN2O2. The quantitative estimate of drug-likeness (QED) is 0.670. The van der Waals surface area contributed by atoms with Gasteiger partial charge in [0, 0.05) is 12.4 Å². The third kappa shape index (κ3) is 1.76. The van der Waals surface area contributed by atoms with E-state index in [0.29, 0.717) is 5.46 Å². The highest BCUT2D eigenvalue weighted by atomic mass is 16.4. The molecule has 0 saturated carbocycles. The normalized spacial score (nSPS) is 10.9. The van der Waals surface area contributed by atoms with Crippen LogP contribution >= 0.6 is 0 Å². The third-order valence-corrected chi connectivity index (χ3v) is 2.45. The van der Waals surface area contributed by atoms with Gasteiger partial charge in [-0.15, -0.1) is 0 Å². The Bertz CT molecular complexity index is 493. The molecule has 0 aliphatic heterocycles. The maximum Gasteiger partial charge on any atom is 0.489 e. The lowest BCUT2D eigenvalue weighted by molar-refractivity contribution is 0.425. The molecule has 0 spiro atoms. The van der Waals surface area contributed by atoms with Crippen LogP contribution in [0.1, 0.15) is 18.2 Å². The van der Waals surface area contributed by atoms with Crippen LogP contribution in [0.3, 0.4) is 0 Å². The first-order chi connectivity index (χ1) is 7.11. The highest BCUT2D eigenvalue weighted by molar-refractivity contribution is 6.58. The molecule has 0 fully saturated rings. The van der Waals surface area contributed by atoms with Crippen molar-refractivity contribution in [3.63, 3.8) is 0 Å². The SMILES string of the molecule is CCc1cc(B(O)O)cn2cc(C)nc12. The van der Waals surface area contributed by atoms with Gasteiger partial charge in [0.1, 0.15) is 5.65 Å². The van der Waals surface area contributed by atoms with Gasteiger partial charge in [0.25, 0.3) is 0 Å². The van der Waals surface area contributed by atoms with Gasteiger partial charge in [0.15, 0.2) is 0 Å². The Labute approximate surface area is 88.3 Å². The minimum atomic E-state index is -1.43. The van der Waals surface area contributed by atoms with Gasteiger partial charge < -0.3 is 14.4 Å². The van der Waals surface area contributed by atoms with E-state index in [2.05, 4.69) is 4.98 Å². The first kappa shape index (κ1) is 10.2. The van der Waals surface area contributed by atoms with Crippen LogP contribution < -0.4 is 5.46 Å². The Morgan fingerprint density at radius 3 is 2.73 bits per heavy atom. The maximum absolute atomic E-state index is 9.13. The number of rotatable bonds is 2. The molecule has 0 aromatic carbocycles. The second kappa shape index (κ2) is 3.68. The standard InChI is InChI=1S/C10H13BN2O2/c1-3-8-4-9(11(14)15)6-13-5-7(2)12-10(8)13/h4-6,14-15H,3H2,1-2H3. The van der Waals surface area contributed by atoms with Crippen molar-refractivity contribution in [1.29, 1.82) is 0 Å². The van der Waals surface area contributed by atoms with Gasteiger partial charge in [-0.3, -0.25) is 0 Å². The van der Waals surface area contributed by atoms with Crippen LogP contribution in [0.4, 0.5) is 0 Å². The van der Waals surface area contributed by atoms with Crippen LogP contribution in [-0.2, 0) is 6.42 Å². The zero-order chi connectivity index (χ0) is 11.0. The predicted molar refractivity (Wildman–Crippen MR) is 59.1 cm³/mol. The molecule has 2 aromatic rings. The van der Waals surface area contributed by atoms with Crippen LogP contribution in [0.25, 0.3) is 5.65 Å². The Kier molecular flexibility index (Phi) is 2.50. The molecule has 0 amide bonds. The summed E-state index contributed by atoms with van der Waals surface area (Å²) in [5, 5.41) is 18.3. The Hall–Kier alpha value is -1.33. The second-order valence-corrected chi connectivity index (χ2v) is 3.64. The molecular weight excluding hydrogens is 191 g/mol. The van der Waals surface area contributed by atoms with Gasteiger partial charge >= 0.3 is 7.12 Å². The fourth-order valence-corrected chi connectivity index (χ4v) is 1.72. The summed E-state index contributed by atoms with van der Waals surface area (Å²) in [7, 11) is -1.43. The second-order valence-electron chi connectivity index (χ2n) is 3.64. The molecule has 5 heteroatoms. The minimum Gasteiger partial charge on any atom is -0.423 e. The van der Waals surface area contributed by atoms with E-state index in [1.54, 1.807) is 12.3 Å². The summed E-state index contributed by atoms with van der Waals surface area (Å²) in [5.74, 6) is 0. The summed E-state index contributed by atoms with van der Waals surface area (Å²) in [6.45, 7) is 3.94. The Balaban J connectivity index is 2.70. The first-order valence-corrected chi connectivity index (χ1v) is 4.96. The molecule has 2 heterocycles. The largest absolute Gasteiger partial charge is 0.489 e. The number of imidazole rings is 1. The van der Waals surface area contributed by atoms with Crippen molar-refractivity contribution in [2.24, 2.45) is 0 Å². The van der Waals surface area contributed by atoms with Crippen LogP contribution in [0.5, 0.6) is 0 Å². The van der Waals surface area contributed by atoms with Gasteiger partial charge in [0.2, 0.25) is 0 Å². The molecule has 0 saturated heterocycles. The van der Waals surface area contributed by atoms with Gasteiger partial charge in [-0.25, -0.2) is 4.98 Å². The topological polar surface area (TPSA) is 57.8 Å². The molecule has 2 aromatic heterocycles. The zero-order valence-electron chi connectivity index (χ0n) is 8.81. The number of pyridine rings is 1. The number of hydrogen-bond acceptors (Lipinski definition) is 3. The minimum absolute atomic E-state index is 0.497. The van der Waals surface area contributed by atoms with Gasteiger partial charge in [-0.2, -0.15) is 0 Å². The highest BCUT2D eigenvalue weighted by Gasteiger charge is 2.14. The number of aromatic nitrogens is 2. The van der Waals surface area contributed by atoms with Gasteiger partial charge in [0.05, 0.1) is 5.69 Å². The Morgan fingerprint density at radius 1 is 1.40 bits per heavy atom. The van der Waals surface area contributed by atoms with E-state index < -0.39 is 7.12 Å². The highest BCUT2D eigenvalue weighted by Crippen LogP contribution is 2.10. The summed E-state index contributed by atoms with van der Waals surface area (Å²) in [4.78, 5) is 4.38. The smallest absolute Gasteiger partial charge is 0.423 e. The lowest BCUT2D eigenvalue weighted by atomic mass is 9.81. The van der Waals surface area contributed by atoms with Crippen LogP contribution in [-0.4, -0.2) is 26.6 Å². The van der Waals surface area contributed by atoms with Crippen molar-refractivity contribution in [2.75, 3.05) is 0 Å². The van der Waals surface area contributed by atoms with E-state index in [1.165, 1.54) is 0 Å². The van der Waals surface area contributed by atoms with Crippen LogP contribution in [0.2, 0.25) is 0 Å². The van der Waals surface area contributed by atoms with E-state index >= 15 is 0 Å². The number of nitrogens with zero attached hydrogens (tertiary/aromatic N) is 2. The van der Waals surface area contributed by atoms with Crippen molar-refractivity contribution < 1.29 is 10.0 Å². The lowest BCUT2D eigenvalue weighted by Gasteiger charge is -2.05. The van der Waals surface area contributed by atoms with Crippen molar-refractivity contribution in [1.82, 2.24) is 9.38 Å². The van der Waals surface area contributed by atoms with Crippen LogP contribution in [0.15, 0.2) is 18.5 Å². The molecule has 4 nitrogen and oxygen atoms in total. The average Bonchev–Trinajstić information content (AvgIpc) is 2.56. The zero-order valence-corrected chi connectivity index (χ0v) is 8.81. The molecule has 0 radical (unpaired) electrons. The fraction of sp³-hybridized carbons (Fsp3) is 0.300. The molecule has 0 atom stereocenters. The maximum atomic E-state index is 9.13. The van der Waals surface area contributed by atoms with Crippen molar-refractivity contribution in [2.45, 2.75) is 20.3 Å². The summed E-state index contributed by atoms with van der Waals surface area (Å²) in [6, 6.07) is 1.78. The average molecular weight is 204 g/mol. The van der Waals surface area contributed by atoms with Gasteiger partial charge in [-0.1, -0.05) is 13.0 Å². The summed E-state index contributed by atoms with van der Waals surface area (Å²) in [5.41, 5.74) is 3.33. The van der Waals surface area contributed by atoms with E-state index in [9.17, 15) is 0 Å². The first-order valence-electron chi connectivity index (χ1n) is 4.96. The summed E-state index contributed by atoms with van der Waals surface area (Å²) in [6.07, 6.45) is 4.39. The van der Waals surface area contributed by atoms with E-state index in [4.69, 9.17) is 10.0 Å². The van der Waals surface area contributed by atoms with E-state index in [-0.39, 0.29) is 0 Å². The fourth-order valence-electron chi connectivity index (χ4n) is 1.72. The molecule has 0 aliphatic carbocycles. The molecule has 78 valence electrons. The van der Waals surface area contributed by atoms with Gasteiger partial charge in [-0.05, 0) is 24.4 Å². The number of aryl methyl sites for hydroxylation is 2. The van der Waals surface area contributed by atoms with E-state index in [1.807, 2.05) is 24.4 Å². The third-order valence-electron chi connectivity index (χ3n) is 2.45. The molecule has 2 N–H and O–H groups in total. The molecule has 0 aliphatic rings. The van der Waals surface area contributed by atoms with Crippen molar-refractivity contribution in [3.05, 3.63) is 29.7 Å². The molecule has 0 unspecified atom stereocenters. The predicted octanol–water partition coefficient (Wildman–Crippen LogP) is -0.115. The molecule has 15 heavy (non-hydrogen) atoms. The summed E-state index contributed by atoms with van der Waals surface area (Å²) < 4.78 is 1.84. The monoisotopic (exact) mass is 204 g/mol. The molecule has 2 rings (SSSR count). The number of fused-ring (bicyclic) bond motifs is 1. The Morgan fingerprint density at radius 2 is 2.13 bits per heavy atom. The van der Waals surface area contributed by atoms with Crippen molar-refractivity contribution in [3.8, 4) is 0 Å².